The summed E-state index contributed by atoms with van der Waals surface area (Å²) in [6.45, 7) is 7.36. The third kappa shape index (κ3) is 3.54. The highest BCUT2D eigenvalue weighted by atomic mass is 16.2. The molecule has 2 aromatic heterocycles. The van der Waals surface area contributed by atoms with Gasteiger partial charge >= 0.3 is 34.1 Å². The van der Waals surface area contributed by atoms with E-state index in [1.807, 2.05) is 47.6 Å². The first-order valence-corrected chi connectivity index (χ1v) is 9.11. The van der Waals surface area contributed by atoms with Crippen molar-refractivity contribution in [1.82, 2.24) is 29.1 Å². The lowest BCUT2D eigenvalue weighted by atomic mass is 9.92. The van der Waals surface area contributed by atoms with Crippen LogP contribution in [0.1, 0.15) is 50.7 Å². The molecule has 0 atom stereocenters. The minimum atomic E-state index is -0.975. The maximum absolute atomic E-state index is 12.4. The number of aromatic amines is 4. The summed E-state index contributed by atoms with van der Waals surface area (Å²) in [5, 5.41) is 0. The molecule has 0 bridgehead atoms. The fourth-order valence-corrected chi connectivity index (χ4v) is 3.22. The van der Waals surface area contributed by atoms with E-state index in [0.29, 0.717) is 11.1 Å². The Kier molecular flexibility index (Phi) is 5.16. The van der Waals surface area contributed by atoms with E-state index in [4.69, 9.17) is 0 Å². The zero-order valence-corrected chi connectivity index (χ0v) is 16.7. The van der Waals surface area contributed by atoms with Crippen molar-refractivity contribution in [3.63, 3.8) is 0 Å². The number of hydrogen-bond acceptors (Lipinski definition) is 6. The lowest BCUT2D eigenvalue weighted by Crippen LogP contribution is -2.44. The van der Waals surface area contributed by atoms with Crippen LogP contribution in [0, 0.1) is 0 Å². The van der Waals surface area contributed by atoms with E-state index in [9.17, 15) is 28.8 Å². The molecule has 0 amide bonds. The van der Waals surface area contributed by atoms with Crippen LogP contribution in [-0.2, 0) is 0 Å². The Labute approximate surface area is 166 Å². The first kappa shape index (κ1) is 20.8. The highest BCUT2D eigenvalue weighted by Gasteiger charge is 2.21. The maximum Gasteiger partial charge on any atom is 0.338 e. The molecular weight excluding hydrogens is 396 g/mol. The molecule has 158 valence electrons. The Morgan fingerprint density at radius 3 is 1.13 bits per heavy atom. The molecule has 0 aliphatic carbocycles. The Balaban J connectivity index is 2.55. The van der Waals surface area contributed by atoms with Gasteiger partial charge in [-0.15, -0.1) is 0 Å². The molecule has 3 rings (SSSR count). The van der Waals surface area contributed by atoms with Gasteiger partial charge in [0.25, 0.3) is 0 Å². The predicted molar refractivity (Wildman–Crippen MR) is 108 cm³/mol. The van der Waals surface area contributed by atoms with E-state index >= 15 is 0 Å². The molecule has 0 fully saturated rings. The standard InChI is InChI=1S/C18H20N6O6/c1-7(2)9-5-10(8(3)4)12(24-17(29)21-14(26)22-18(24)30)6-11(9)23-15(27)19-13(25)20-16(23)28/h5-8H,1-4H3,(H2,19,20,25,27,28)(H2,21,22,26,29,30). The van der Waals surface area contributed by atoms with Crippen LogP contribution >= 0.6 is 0 Å². The van der Waals surface area contributed by atoms with Gasteiger partial charge in [0.2, 0.25) is 0 Å². The summed E-state index contributed by atoms with van der Waals surface area (Å²) in [7, 11) is 0. The SMILES string of the molecule is CC(C)c1cc(C(C)C)c(-n2c(=O)[nH]c(=O)[nH]c2=O)cc1-n1c(=O)[nH]c(=O)[nH]c1=O. The van der Waals surface area contributed by atoms with E-state index in [2.05, 4.69) is 0 Å². The van der Waals surface area contributed by atoms with Crippen molar-refractivity contribution in [3.8, 4) is 11.4 Å². The zero-order valence-electron chi connectivity index (χ0n) is 16.7. The van der Waals surface area contributed by atoms with Gasteiger partial charge in [0, 0.05) is 0 Å². The molecule has 30 heavy (non-hydrogen) atoms. The normalized spacial score (nSPS) is 11.4. The van der Waals surface area contributed by atoms with Crippen molar-refractivity contribution in [2.24, 2.45) is 0 Å². The van der Waals surface area contributed by atoms with Gasteiger partial charge in [-0.2, -0.15) is 0 Å². The van der Waals surface area contributed by atoms with Crippen molar-refractivity contribution in [1.29, 1.82) is 0 Å². The summed E-state index contributed by atoms with van der Waals surface area (Å²) in [5.41, 5.74) is -4.48. The molecule has 0 aliphatic heterocycles. The van der Waals surface area contributed by atoms with Crippen molar-refractivity contribution in [2.75, 3.05) is 0 Å². The first-order valence-electron chi connectivity index (χ1n) is 9.11. The van der Waals surface area contributed by atoms with Crippen molar-refractivity contribution in [3.05, 3.63) is 86.2 Å². The summed E-state index contributed by atoms with van der Waals surface area (Å²) in [6, 6.07) is 3.03. The van der Waals surface area contributed by atoms with Crippen LogP contribution in [0.4, 0.5) is 0 Å². The number of aromatic nitrogens is 6. The summed E-state index contributed by atoms with van der Waals surface area (Å²) < 4.78 is 1.44. The van der Waals surface area contributed by atoms with Gasteiger partial charge in [-0.25, -0.2) is 37.9 Å². The summed E-state index contributed by atoms with van der Waals surface area (Å²) in [5.74, 6) is -0.314. The monoisotopic (exact) mass is 416 g/mol. The Morgan fingerprint density at radius 2 is 0.867 bits per heavy atom. The largest absolute Gasteiger partial charge is 0.338 e. The predicted octanol–water partition coefficient (Wildman–Crippen LogP) is -1.01. The van der Waals surface area contributed by atoms with Crippen LogP contribution in [0.2, 0.25) is 0 Å². The maximum atomic E-state index is 12.4. The Morgan fingerprint density at radius 1 is 0.567 bits per heavy atom. The molecule has 0 spiro atoms. The summed E-state index contributed by atoms with van der Waals surface area (Å²) >= 11 is 0. The molecule has 0 saturated heterocycles. The average Bonchev–Trinajstić information content (AvgIpc) is 2.59. The molecule has 2 heterocycles. The van der Waals surface area contributed by atoms with Gasteiger partial charge < -0.3 is 0 Å². The van der Waals surface area contributed by atoms with E-state index < -0.39 is 34.1 Å². The zero-order chi connectivity index (χ0) is 22.3. The van der Waals surface area contributed by atoms with Crippen LogP contribution in [0.15, 0.2) is 40.9 Å². The van der Waals surface area contributed by atoms with Gasteiger partial charge in [0.05, 0.1) is 11.4 Å². The van der Waals surface area contributed by atoms with Gasteiger partial charge in [-0.3, -0.25) is 19.9 Å². The van der Waals surface area contributed by atoms with Gasteiger partial charge in [-0.05, 0) is 29.0 Å². The number of H-pyrrole nitrogens is 4. The van der Waals surface area contributed by atoms with Crippen molar-refractivity contribution in [2.45, 2.75) is 39.5 Å². The Hall–Kier alpha value is -3.96. The van der Waals surface area contributed by atoms with Crippen LogP contribution < -0.4 is 34.1 Å². The smallest absolute Gasteiger partial charge is 0.258 e. The minimum Gasteiger partial charge on any atom is -0.258 e. The highest BCUT2D eigenvalue weighted by Crippen LogP contribution is 2.30. The van der Waals surface area contributed by atoms with E-state index in [1.54, 1.807) is 6.07 Å². The molecular formula is C18H20N6O6. The Bertz CT molecular complexity index is 1300. The number of benzene rings is 1. The number of nitrogens with one attached hydrogen (secondary N) is 4. The van der Waals surface area contributed by atoms with Crippen molar-refractivity contribution >= 4 is 0 Å². The molecule has 12 nitrogen and oxygen atoms in total. The van der Waals surface area contributed by atoms with Gasteiger partial charge in [-0.1, -0.05) is 33.8 Å². The van der Waals surface area contributed by atoms with E-state index in [0.717, 1.165) is 9.13 Å². The van der Waals surface area contributed by atoms with E-state index in [1.165, 1.54) is 6.07 Å². The second kappa shape index (κ2) is 7.46. The lowest BCUT2D eigenvalue weighted by molar-refractivity contribution is 0.736. The molecule has 0 aliphatic rings. The third-order valence-electron chi connectivity index (χ3n) is 4.60. The molecule has 3 aromatic rings. The first-order chi connectivity index (χ1) is 14.0. The van der Waals surface area contributed by atoms with Gasteiger partial charge in [0.1, 0.15) is 0 Å². The fourth-order valence-electron chi connectivity index (χ4n) is 3.22. The third-order valence-corrected chi connectivity index (χ3v) is 4.60. The number of hydrogen-bond donors (Lipinski definition) is 4. The molecule has 4 N–H and O–H groups in total. The average molecular weight is 416 g/mol. The van der Waals surface area contributed by atoms with Crippen molar-refractivity contribution < 1.29 is 0 Å². The highest BCUT2D eigenvalue weighted by molar-refractivity contribution is 5.56. The molecule has 0 radical (unpaired) electrons. The quantitative estimate of drug-likeness (QED) is 0.423. The molecule has 0 unspecified atom stereocenters. The molecule has 0 saturated carbocycles. The fraction of sp³-hybridized carbons (Fsp3) is 0.333. The van der Waals surface area contributed by atoms with Gasteiger partial charge in [0.15, 0.2) is 0 Å². The summed E-state index contributed by atoms with van der Waals surface area (Å²) in [6.07, 6.45) is 0. The van der Waals surface area contributed by atoms with Crippen LogP contribution in [0.5, 0.6) is 0 Å². The number of nitrogens with zero attached hydrogens (tertiary/aromatic N) is 2. The van der Waals surface area contributed by atoms with Crippen LogP contribution in [-0.4, -0.2) is 29.1 Å². The van der Waals surface area contributed by atoms with Crippen LogP contribution in [0.25, 0.3) is 11.4 Å². The topological polar surface area (TPSA) is 175 Å². The van der Waals surface area contributed by atoms with Crippen LogP contribution in [0.3, 0.4) is 0 Å². The van der Waals surface area contributed by atoms with E-state index in [-0.39, 0.29) is 23.2 Å². The second-order valence-electron chi connectivity index (χ2n) is 7.33. The number of rotatable bonds is 4. The summed E-state index contributed by atoms with van der Waals surface area (Å²) in [4.78, 5) is 80.3. The second-order valence-corrected chi connectivity index (χ2v) is 7.33. The minimum absolute atomic E-state index is 0.0874. The molecule has 12 heteroatoms. The molecule has 1 aromatic carbocycles. The lowest BCUT2D eigenvalue weighted by Gasteiger charge is -2.21.